The van der Waals surface area contributed by atoms with E-state index in [0.717, 1.165) is 39.0 Å². The molecule has 0 saturated heterocycles. The van der Waals surface area contributed by atoms with E-state index in [0.29, 0.717) is 11.5 Å². The Morgan fingerprint density at radius 2 is 1.62 bits per heavy atom. The zero-order valence-corrected chi connectivity index (χ0v) is 26.5. The molecule has 0 fully saturated rings. The first-order chi connectivity index (χ1) is 19.8. The maximum absolute atomic E-state index is 6.54. The third-order valence-electron chi connectivity index (χ3n) is 7.67. The van der Waals surface area contributed by atoms with Crippen molar-refractivity contribution in [3.05, 3.63) is 121 Å². The summed E-state index contributed by atoms with van der Waals surface area (Å²) in [6.45, 7) is 10.9. The molecular weight excluding hydrogens is 700 g/mol. The Bertz CT molecular complexity index is 1920. The van der Waals surface area contributed by atoms with E-state index in [1.165, 1.54) is 16.8 Å². The smallest absolute Gasteiger partial charge is 0.135 e. The van der Waals surface area contributed by atoms with Crippen LogP contribution in [0.3, 0.4) is 0 Å². The van der Waals surface area contributed by atoms with Gasteiger partial charge >= 0.3 is 0 Å². The Hall–Kier alpha value is -4.08. The first kappa shape index (κ1) is 28.1. The fourth-order valence-electron chi connectivity index (χ4n) is 5.53. The molecule has 0 bridgehead atoms. The molecule has 0 amide bonds. The van der Waals surface area contributed by atoms with Gasteiger partial charge in [0.05, 0.1) is 0 Å². The summed E-state index contributed by atoms with van der Waals surface area (Å²) in [5.41, 5.74) is 7.56. The molecule has 2 aromatic heterocycles. The molecule has 0 spiro atoms. The topological polar surface area (TPSA) is 33.5 Å². The van der Waals surface area contributed by atoms with Gasteiger partial charge in [0.15, 0.2) is 0 Å². The second kappa shape index (κ2) is 10.6. The van der Waals surface area contributed by atoms with E-state index >= 15 is 0 Å². The molecule has 3 heterocycles. The first-order valence-electron chi connectivity index (χ1n) is 13.9. The molecule has 0 saturated carbocycles. The fourth-order valence-corrected chi connectivity index (χ4v) is 5.53. The van der Waals surface area contributed by atoms with Crippen molar-refractivity contribution in [2.24, 2.45) is 0 Å². The Balaban J connectivity index is 0.00000316. The van der Waals surface area contributed by atoms with Crippen LogP contribution < -0.4 is 14.5 Å². The van der Waals surface area contributed by atoms with Crippen molar-refractivity contribution >= 4 is 38.9 Å². The van der Waals surface area contributed by atoms with Gasteiger partial charge in [-0.1, -0.05) is 56.6 Å². The van der Waals surface area contributed by atoms with E-state index < -0.39 is 0 Å². The first-order valence-corrected chi connectivity index (χ1v) is 13.9. The van der Waals surface area contributed by atoms with Gasteiger partial charge in [0, 0.05) is 55.7 Å². The third-order valence-corrected chi connectivity index (χ3v) is 7.67. The summed E-state index contributed by atoms with van der Waals surface area (Å²) in [7, 11) is 2.08. The van der Waals surface area contributed by atoms with Crippen LogP contribution in [0.4, 0.5) is 17.1 Å². The molecule has 4 aromatic carbocycles. The number of para-hydroxylation sites is 1. The number of aryl methyl sites for hydroxylation is 1. The van der Waals surface area contributed by atoms with Crippen LogP contribution in [0.2, 0.25) is 0 Å². The van der Waals surface area contributed by atoms with Crippen molar-refractivity contribution in [2.75, 3.05) is 16.8 Å². The Morgan fingerprint density at radius 1 is 0.810 bits per heavy atom. The van der Waals surface area contributed by atoms with E-state index in [-0.39, 0.29) is 26.5 Å². The zero-order chi connectivity index (χ0) is 28.3. The summed E-state index contributed by atoms with van der Waals surface area (Å²) in [6.07, 6.45) is 1.82. The number of rotatable bonds is 4. The molecule has 7 rings (SSSR count). The molecular formula is C36H31N4OPt-3. The Labute approximate surface area is 261 Å². The van der Waals surface area contributed by atoms with Crippen molar-refractivity contribution in [1.29, 1.82) is 0 Å². The SMILES string of the molecule is Cc1ccc2c(c1)N(C)[CH-]N2c1[c-]c(Oc2[c-]c3c(cc2)c2ccccc2n3-c2ccccn2)cc(C(C)(C)C)c1.[Pt]. The summed E-state index contributed by atoms with van der Waals surface area (Å²) in [6, 6.07) is 36.4. The minimum atomic E-state index is -0.0806. The molecule has 5 nitrogen and oxygen atoms in total. The second-order valence-corrected chi connectivity index (χ2v) is 11.7. The van der Waals surface area contributed by atoms with Gasteiger partial charge in [0.2, 0.25) is 0 Å². The number of fused-ring (bicyclic) bond motifs is 4. The van der Waals surface area contributed by atoms with Gasteiger partial charge in [-0.15, -0.1) is 47.0 Å². The van der Waals surface area contributed by atoms with Crippen LogP contribution in [0, 0.1) is 25.7 Å². The molecule has 214 valence electrons. The fraction of sp³-hybridized carbons (Fsp3) is 0.167. The van der Waals surface area contributed by atoms with Crippen LogP contribution >= 0.6 is 0 Å². The number of ether oxygens (including phenoxy) is 1. The Morgan fingerprint density at radius 3 is 2.40 bits per heavy atom. The van der Waals surface area contributed by atoms with Crippen molar-refractivity contribution in [3.63, 3.8) is 0 Å². The number of nitrogens with zero attached hydrogens (tertiary/aromatic N) is 4. The van der Waals surface area contributed by atoms with E-state index in [4.69, 9.17) is 4.74 Å². The average molecular weight is 731 g/mol. The van der Waals surface area contributed by atoms with E-state index in [1.54, 1.807) is 0 Å². The van der Waals surface area contributed by atoms with Gasteiger partial charge in [0.25, 0.3) is 0 Å². The molecule has 0 atom stereocenters. The van der Waals surface area contributed by atoms with Crippen LogP contribution in [0.1, 0.15) is 31.9 Å². The largest absolute Gasteiger partial charge is 0.509 e. The number of anilines is 3. The molecule has 1 aliphatic rings. The normalized spacial score (nSPS) is 13.0. The molecule has 1 aliphatic heterocycles. The van der Waals surface area contributed by atoms with Crippen molar-refractivity contribution in [1.82, 2.24) is 9.55 Å². The van der Waals surface area contributed by atoms with Gasteiger partial charge in [-0.25, -0.2) is 4.98 Å². The van der Waals surface area contributed by atoms with Crippen LogP contribution in [0.15, 0.2) is 91.1 Å². The molecule has 0 radical (unpaired) electrons. The standard InChI is InChI=1S/C36H31N4O.Pt/c1-24-13-16-32-34(18-24)38(5)23-39(32)26-19-25(36(2,3)4)20-28(21-26)41-27-14-15-30-29-10-6-7-11-31(29)40(33(30)22-27)35-12-8-9-17-37-35;/h6-20,23H,1-5H3;/q-3;. The summed E-state index contributed by atoms with van der Waals surface area (Å²) in [5, 5.41) is 2.26. The third kappa shape index (κ3) is 4.86. The predicted octanol–water partition coefficient (Wildman–Crippen LogP) is 8.88. The van der Waals surface area contributed by atoms with Crippen LogP contribution in [0.25, 0.3) is 27.6 Å². The van der Waals surface area contributed by atoms with E-state index in [2.05, 4.69) is 134 Å². The van der Waals surface area contributed by atoms with Crippen molar-refractivity contribution < 1.29 is 25.8 Å². The minimum absolute atomic E-state index is 0. The van der Waals surface area contributed by atoms with Gasteiger partial charge in [-0.2, -0.15) is 12.7 Å². The number of hydrogen-bond donors (Lipinski definition) is 0. The van der Waals surface area contributed by atoms with E-state index in [1.807, 2.05) is 30.5 Å². The van der Waals surface area contributed by atoms with Crippen LogP contribution in [-0.4, -0.2) is 16.6 Å². The number of hydrogen-bond acceptors (Lipinski definition) is 4. The van der Waals surface area contributed by atoms with Gasteiger partial charge in [0.1, 0.15) is 5.82 Å². The maximum atomic E-state index is 6.54. The van der Waals surface area contributed by atoms with Crippen molar-refractivity contribution in [3.8, 4) is 17.3 Å². The summed E-state index contributed by atoms with van der Waals surface area (Å²) in [4.78, 5) is 8.98. The number of benzene rings is 4. The molecule has 0 unspecified atom stereocenters. The quantitative estimate of drug-likeness (QED) is 0.170. The number of aromatic nitrogens is 2. The Kier molecular flexibility index (Phi) is 7.11. The summed E-state index contributed by atoms with van der Waals surface area (Å²) >= 11 is 0. The predicted molar refractivity (Wildman–Crippen MR) is 167 cm³/mol. The molecule has 0 aliphatic carbocycles. The maximum Gasteiger partial charge on any atom is 0.135 e. The minimum Gasteiger partial charge on any atom is -0.509 e. The number of pyridine rings is 1. The van der Waals surface area contributed by atoms with E-state index in [9.17, 15) is 0 Å². The monoisotopic (exact) mass is 730 g/mol. The van der Waals surface area contributed by atoms with Gasteiger partial charge in [-0.05, 0) is 60.7 Å². The van der Waals surface area contributed by atoms with Gasteiger partial charge < -0.3 is 19.1 Å². The van der Waals surface area contributed by atoms with Gasteiger partial charge in [-0.3, -0.25) is 0 Å². The summed E-state index contributed by atoms with van der Waals surface area (Å²) in [5.74, 6) is 2.13. The second-order valence-electron chi connectivity index (χ2n) is 11.7. The van der Waals surface area contributed by atoms with Crippen LogP contribution in [0.5, 0.6) is 11.5 Å². The summed E-state index contributed by atoms with van der Waals surface area (Å²) < 4.78 is 8.69. The molecule has 0 N–H and O–H groups in total. The molecule has 6 heteroatoms. The average Bonchev–Trinajstić information content (AvgIpc) is 3.47. The molecule has 6 aromatic rings. The zero-order valence-electron chi connectivity index (χ0n) is 24.3. The molecule has 42 heavy (non-hydrogen) atoms. The van der Waals surface area contributed by atoms with Crippen LogP contribution in [-0.2, 0) is 26.5 Å². The van der Waals surface area contributed by atoms with Crippen molar-refractivity contribution in [2.45, 2.75) is 33.1 Å².